The van der Waals surface area contributed by atoms with Gasteiger partial charge in [-0.1, -0.05) is 0 Å². The van der Waals surface area contributed by atoms with E-state index >= 15 is 0 Å². The molecule has 0 aromatic heterocycles. The smallest absolute Gasteiger partial charge is 0.212 e. The molecule has 0 amide bonds. The molecule has 0 radical (unpaired) electrons. The van der Waals surface area contributed by atoms with Crippen molar-refractivity contribution < 1.29 is 13.5 Å². The molecule has 2 bridgehead atoms. The van der Waals surface area contributed by atoms with Crippen molar-refractivity contribution in [3.63, 3.8) is 0 Å². The van der Waals surface area contributed by atoms with E-state index in [9.17, 15) is 8.78 Å². The second-order valence-electron chi connectivity index (χ2n) is 2.85. The van der Waals surface area contributed by atoms with Crippen LogP contribution in [0.15, 0.2) is 0 Å². The predicted octanol–water partition coefficient (Wildman–Crippen LogP) is 1.78. The molecule has 3 heteroatoms. The van der Waals surface area contributed by atoms with Gasteiger partial charge < -0.3 is 4.74 Å². The minimum absolute atomic E-state index is 0.157. The van der Waals surface area contributed by atoms with Crippen molar-refractivity contribution in [2.45, 2.75) is 31.5 Å². The Labute approximate surface area is 52.0 Å². The van der Waals surface area contributed by atoms with Gasteiger partial charge in [0.25, 0.3) is 0 Å². The zero-order valence-electron chi connectivity index (χ0n) is 4.94. The summed E-state index contributed by atoms with van der Waals surface area (Å²) in [7, 11) is 0. The second-order valence-corrected chi connectivity index (χ2v) is 2.85. The Morgan fingerprint density at radius 2 is 2.33 bits per heavy atom. The quantitative estimate of drug-likeness (QED) is 0.490. The minimum atomic E-state index is -1.59. The van der Waals surface area contributed by atoms with Gasteiger partial charge in [-0.15, -0.1) is 0 Å². The summed E-state index contributed by atoms with van der Waals surface area (Å²) < 4.78 is 29.7. The zero-order chi connectivity index (χ0) is 6.48. The molecular formula is C6H8F2O. The Kier molecular flexibility index (Phi) is 0.903. The summed E-state index contributed by atoms with van der Waals surface area (Å²) in [5, 5.41) is 0. The predicted molar refractivity (Wildman–Crippen MR) is 27.2 cm³/mol. The lowest BCUT2D eigenvalue weighted by atomic mass is 10.1. The molecule has 0 spiro atoms. The molecule has 1 aliphatic carbocycles. The first-order valence-corrected chi connectivity index (χ1v) is 3.20. The molecule has 1 nitrogen and oxygen atoms in total. The lowest BCUT2D eigenvalue weighted by molar-refractivity contribution is -0.190. The van der Waals surface area contributed by atoms with Crippen LogP contribution in [-0.4, -0.2) is 12.2 Å². The van der Waals surface area contributed by atoms with Gasteiger partial charge in [-0.3, -0.25) is 0 Å². The van der Waals surface area contributed by atoms with E-state index < -0.39 is 12.2 Å². The fourth-order valence-electron chi connectivity index (χ4n) is 1.63. The molecule has 9 heavy (non-hydrogen) atoms. The fraction of sp³-hybridized carbons (Fsp3) is 1.00. The Bertz CT molecular complexity index is 135. The molecule has 3 atom stereocenters. The molecule has 0 aromatic rings. The Morgan fingerprint density at radius 1 is 1.56 bits per heavy atom. The molecule has 1 saturated heterocycles. The average molecular weight is 134 g/mol. The van der Waals surface area contributed by atoms with E-state index in [2.05, 4.69) is 4.74 Å². The van der Waals surface area contributed by atoms with Crippen LogP contribution in [0.1, 0.15) is 19.3 Å². The SMILES string of the molecule is FC1OC2(F)CCC1C2. The third kappa shape index (κ3) is 0.674. The largest absolute Gasteiger partial charge is 0.311 e. The summed E-state index contributed by atoms with van der Waals surface area (Å²) in [6, 6.07) is 0. The highest BCUT2D eigenvalue weighted by molar-refractivity contribution is 4.90. The number of hydrogen-bond donors (Lipinski definition) is 0. The van der Waals surface area contributed by atoms with Gasteiger partial charge in [-0.05, 0) is 6.42 Å². The van der Waals surface area contributed by atoms with Crippen molar-refractivity contribution in [2.75, 3.05) is 0 Å². The molecule has 2 aliphatic rings. The van der Waals surface area contributed by atoms with Crippen LogP contribution in [0, 0.1) is 5.92 Å². The van der Waals surface area contributed by atoms with Crippen LogP contribution in [0.3, 0.4) is 0 Å². The number of halogens is 2. The van der Waals surface area contributed by atoms with Gasteiger partial charge in [-0.25, -0.2) is 8.78 Å². The van der Waals surface area contributed by atoms with E-state index in [1.165, 1.54) is 0 Å². The maximum atomic E-state index is 12.9. The molecule has 1 aliphatic heterocycles. The van der Waals surface area contributed by atoms with Crippen LogP contribution in [-0.2, 0) is 4.74 Å². The van der Waals surface area contributed by atoms with Crippen molar-refractivity contribution in [1.29, 1.82) is 0 Å². The van der Waals surface area contributed by atoms with E-state index in [1.54, 1.807) is 0 Å². The van der Waals surface area contributed by atoms with Gasteiger partial charge in [0.15, 0.2) is 0 Å². The molecule has 1 heterocycles. The van der Waals surface area contributed by atoms with Crippen LogP contribution in [0.25, 0.3) is 0 Å². The van der Waals surface area contributed by atoms with Crippen LogP contribution in [0.4, 0.5) is 8.78 Å². The molecule has 3 unspecified atom stereocenters. The standard InChI is InChI=1S/C6H8F2O/c7-5-4-1-2-6(8,3-4)9-5/h4-5H,1-3H2. The van der Waals surface area contributed by atoms with E-state index in [-0.39, 0.29) is 12.3 Å². The first-order valence-electron chi connectivity index (χ1n) is 3.20. The van der Waals surface area contributed by atoms with Gasteiger partial charge in [-0.2, -0.15) is 0 Å². The van der Waals surface area contributed by atoms with Crippen molar-refractivity contribution in [3.05, 3.63) is 0 Å². The van der Waals surface area contributed by atoms with Crippen molar-refractivity contribution in [2.24, 2.45) is 5.92 Å². The Balaban J connectivity index is 2.19. The van der Waals surface area contributed by atoms with Crippen molar-refractivity contribution in [1.82, 2.24) is 0 Å². The highest BCUT2D eigenvalue weighted by atomic mass is 19.2. The normalized spacial score (nSPS) is 56.7. The van der Waals surface area contributed by atoms with Crippen LogP contribution in [0.5, 0.6) is 0 Å². The monoisotopic (exact) mass is 134 g/mol. The molecule has 0 N–H and O–H groups in total. The number of fused-ring (bicyclic) bond motifs is 2. The van der Waals surface area contributed by atoms with E-state index in [1.807, 2.05) is 0 Å². The lowest BCUT2D eigenvalue weighted by Crippen LogP contribution is -2.23. The van der Waals surface area contributed by atoms with Gasteiger partial charge >= 0.3 is 0 Å². The lowest BCUT2D eigenvalue weighted by Gasteiger charge is -2.18. The zero-order valence-corrected chi connectivity index (χ0v) is 4.94. The second kappa shape index (κ2) is 1.45. The van der Waals surface area contributed by atoms with Gasteiger partial charge in [0, 0.05) is 18.8 Å². The third-order valence-electron chi connectivity index (χ3n) is 2.15. The first kappa shape index (κ1) is 5.59. The fourth-order valence-corrected chi connectivity index (χ4v) is 1.63. The molecule has 52 valence electrons. The Morgan fingerprint density at radius 3 is 2.56 bits per heavy atom. The van der Waals surface area contributed by atoms with E-state index in [0.29, 0.717) is 12.8 Å². The molecule has 2 rings (SSSR count). The summed E-state index contributed by atoms with van der Waals surface area (Å²) in [5.74, 6) is -1.75. The highest BCUT2D eigenvalue weighted by Crippen LogP contribution is 2.49. The summed E-state index contributed by atoms with van der Waals surface area (Å²) in [6.45, 7) is 0. The molecule has 1 saturated carbocycles. The van der Waals surface area contributed by atoms with Crippen molar-refractivity contribution >= 4 is 0 Å². The van der Waals surface area contributed by atoms with Gasteiger partial charge in [0.1, 0.15) is 0 Å². The minimum Gasteiger partial charge on any atom is -0.311 e. The third-order valence-corrected chi connectivity index (χ3v) is 2.15. The summed E-state index contributed by atoms with van der Waals surface area (Å²) in [4.78, 5) is 0. The number of alkyl halides is 2. The topological polar surface area (TPSA) is 9.23 Å². The number of rotatable bonds is 0. The number of hydrogen-bond acceptors (Lipinski definition) is 1. The summed E-state index contributed by atoms with van der Waals surface area (Å²) in [6.07, 6.45) is -0.0204. The first-order chi connectivity index (χ1) is 4.20. The van der Waals surface area contributed by atoms with Crippen LogP contribution in [0.2, 0.25) is 0 Å². The van der Waals surface area contributed by atoms with Crippen LogP contribution < -0.4 is 0 Å². The van der Waals surface area contributed by atoms with E-state index in [0.717, 1.165) is 0 Å². The molecular weight excluding hydrogens is 126 g/mol. The highest BCUT2D eigenvalue weighted by Gasteiger charge is 2.52. The summed E-state index contributed by atoms with van der Waals surface area (Å²) in [5.41, 5.74) is 0. The van der Waals surface area contributed by atoms with Crippen molar-refractivity contribution in [3.8, 4) is 0 Å². The maximum Gasteiger partial charge on any atom is 0.212 e. The Hall–Kier alpha value is -0.180. The van der Waals surface area contributed by atoms with Gasteiger partial charge in [0.2, 0.25) is 12.2 Å². The molecule has 2 fully saturated rings. The maximum absolute atomic E-state index is 12.9. The molecule has 0 aromatic carbocycles. The van der Waals surface area contributed by atoms with E-state index in [4.69, 9.17) is 0 Å². The number of ether oxygens (including phenoxy) is 1. The summed E-state index contributed by atoms with van der Waals surface area (Å²) >= 11 is 0. The van der Waals surface area contributed by atoms with Gasteiger partial charge in [0.05, 0.1) is 0 Å². The van der Waals surface area contributed by atoms with Crippen LogP contribution >= 0.6 is 0 Å². The average Bonchev–Trinajstić information content (AvgIpc) is 2.20.